The first kappa shape index (κ1) is 17.9. The minimum absolute atomic E-state index is 0.290. The van der Waals surface area contributed by atoms with Crippen molar-refractivity contribution in [3.8, 4) is 0 Å². The molecule has 1 fully saturated rings. The molecule has 3 N–H and O–H groups in total. The van der Waals surface area contributed by atoms with Crippen LogP contribution in [0.15, 0.2) is 30.3 Å². The summed E-state index contributed by atoms with van der Waals surface area (Å²) in [5.41, 5.74) is 9.71. The Balaban J connectivity index is 1.86. The Morgan fingerprint density at radius 1 is 1.16 bits per heavy atom. The van der Waals surface area contributed by atoms with E-state index in [2.05, 4.69) is 10.2 Å². The summed E-state index contributed by atoms with van der Waals surface area (Å²) in [6.45, 7) is 5.01. The number of benzene rings is 2. The fraction of sp³-hybridized carbons (Fsp3) is 0.278. The van der Waals surface area contributed by atoms with Crippen LogP contribution >= 0.6 is 23.2 Å². The van der Waals surface area contributed by atoms with Gasteiger partial charge < -0.3 is 20.7 Å². The highest BCUT2D eigenvalue weighted by atomic mass is 35.5. The van der Waals surface area contributed by atoms with E-state index in [9.17, 15) is 4.79 Å². The maximum absolute atomic E-state index is 12.5. The molecule has 1 saturated heterocycles. The second-order valence-electron chi connectivity index (χ2n) is 5.91. The van der Waals surface area contributed by atoms with E-state index in [1.54, 1.807) is 12.1 Å². The lowest BCUT2D eigenvalue weighted by molar-refractivity contribution is 0.102. The molecule has 0 aliphatic carbocycles. The van der Waals surface area contributed by atoms with Gasteiger partial charge in [-0.15, -0.1) is 0 Å². The third kappa shape index (κ3) is 4.00. The average molecular weight is 380 g/mol. The normalized spacial score (nSPS) is 14.4. The zero-order valence-corrected chi connectivity index (χ0v) is 15.3. The van der Waals surface area contributed by atoms with Crippen LogP contribution in [0.3, 0.4) is 0 Å². The number of nitrogens with one attached hydrogen (secondary N) is 1. The van der Waals surface area contributed by atoms with Gasteiger partial charge in [-0.1, -0.05) is 23.2 Å². The summed E-state index contributed by atoms with van der Waals surface area (Å²) in [4.78, 5) is 14.7. The number of rotatable bonds is 3. The van der Waals surface area contributed by atoms with Crippen LogP contribution in [0, 0.1) is 6.92 Å². The van der Waals surface area contributed by atoms with Gasteiger partial charge in [-0.05, 0) is 42.8 Å². The number of nitrogens with two attached hydrogens (primary N) is 1. The van der Waals surface area contributed by atoms with E-state index >= 15 is 0 Å². The summed E-state index contributed by atoms with van der Waals surface area (Å²) < 4.78 is 5.40. The van der Waals surface area contributed by atoms with Crippen molar-refractivity contribution in [2.75, 3.05) is 42.3 Å². The minimum Gasteiger partial charge on any atom is -0.397 e. The molecule has 0 unspecified atom stereocenters. The predicted octanol–water partition coefficient (Wildman–Crippen LogP) is 3.97. The molecule has 132 valence electrons. The van der Waals surface area contributed by atoms with Crippen molar-refractivity contribution >= 4 is 46.2 Å². The van der Waals surface area contributed by atoms with Gasteiger partial charge in [0.1, 0.15) is 0 Å². The Hall–Kier alpha value is -1.95. The largest absolute Gasteiger partial charge is 0.397 e. The number of aryl methyl sites for hydroxylation is 1. The van der Waals surface area contributed by atoms with Crippen molar-refractivity contribution in [1.29, 1.82) is 0 Å². The highest BCUT2D eigenvalue weighted by Crippen LogP contribution is 2.31. The lowest BCUT2D eigenvalue weighted by Gasteiger charge is -2.30. The smallest absolute Gasteiger partial charge is 0.255 e. The zero-order valence-electron chi connectivity index (χ0n) is 13.8. The third-order valence-corrected chi connectivity index (χ3v) is 4.89. The Morgan fingerprint density at radius 3 is 2.56 bits per heavy atom. The molecular weight excluding hydrogens is 361 g/mol. The molecule has 3 rings (SSSR count). The number of hydrogen-bond acceptors (Lipinski definition) is 4. The van der Waals surface area contributed by atoms with Crippen molar-refractivity contribution in [2.24, 2.45) is 0 Å². The molecule has 7 heteroatoms. The van der Waals surface area contributed by atoms with E-state index in [4.69, 9.17) is 33.7 Å². The van der Waals surface area contributed by atoms with Gasteiger partial charge in [0.05, 0.1) is 34.6 Å². The maximum Gasteiger partial charge on any atom is 0.255 e. The highest BCUT2D eigenvalue weighted by molar-refractivity contribution is 6.42. The molecule has 1 amide bonds. The van der Waals surface area contributed by atoms with Crippen LogP contribution in [0.1, 0.15) is 15.9 Å². The molecule has 0 atom stereocenters. The van der Waals surface area contributed by atoms with Gasteiger partial charge in [0.15, 0.2) is 0 Å². The first-order valence-electron chi connectivity index (χ1n) is 7.95. The number of halogens is 2. The molecule has 5 nitrogen and oxygen atoms in total. The predicted molar refractivity (Wildman–Crippen MR) is 103 cm³/mol. The van der Waals surface area contributed by atoms with Crippen molar-refractivity contribution in [3.63, 3.8) is 0 Å². The number of ether oxygens (including phenoxy) is 1. The number of amides is 1. The maximum atomic E-state index is 12.5. The molecule has 2 aromatic carbocycles. The number of nitrogen functional groups attached to an aromatic ring is 1. The van der Waals surface area contributed by atoms with Crippen LogP contribution in [-0.4, -0.2) is 32.2 Å². The minimum atomic E-state index is -0.290. The van der Waals surface area contributed by atoms with Crippen molar-refractivity contribution < 1.29 is 9.53 Å². The van der Waals surface area contributed by atoms with E-state index in [0.29, 0.717) is 40.2 Å². The summed E-state index contributed by atoms with van der Waals surface area (Å²) in [5, 5.41) is 3.60. The van der Waals surface area contributed by atoms with Crippen molar-refractivity contribution in [3.05, 3.63) is 51.5 Å². The number of hydrogen-bond donors (Lipinski definition) is 2. The number of nitrogens with zero attached hydrogens (tertiary/aromatic N) is 1. The molecular formula is C18H19Cl2N3O2. The first-order valence-corrected chi connectivity index (χ1v) is 8.70. The van der Waals surface area contributed by atoms with Gasteiger partial charge >= 0.3 is 0 Å². The molecule has 0 saturated carbocycles. The fourth-order valence-corrected chi connectivity index (χ4v) is 3.10. The molecule has 1 aliphatic rings. The standard InChI is InChI=1S/C18H19Cl2N3O2/c1-11-8-15(21)16(10-17(11)23-4-6-25-7-5-23)22-18(24)12-2-3-13(19)14(20)9-12/h2-3,8-10H,4-7,21H2,1H3,(H,22,24). The van der Waals surface area contributed by atoms with Gasteiger partial charge in [0.25, 0.3) is 5.91 Å². The highest BCUT2D eigenvalue weighted by Gasteiger charge is 2.17. The number of morpholine rings is 1. The fourth-order valence-electron chi connectivity index (χ4n) is 2.80. The van der Waals surface area contributed by atoms with E-state index in [-0.39, 0.29) is 5.91 Å². The quantitative estimate of drug-likeness (QED) is 0.791. The van der Waals surface area contributed by atoms with E-state index in [1.807, 2.05) is 19.1 Å². The number of anilines is 3. The van der Waals surface area contributed by atoms with Crippen LogP contribution in [0.4, 0.5) is 17.1 Å². The van der Waals surface area contributed by atoms with Crippen LogP contribution < -0.4 is 16.0 Å². The molecule has 1 aliphatic heterocycles. The van der Waals surface area contributed by atoms with Gasteiger partial charge in [-0.2, -0.15) is 0 Å². The summed E-state index contributed by atoms with van der Waals surface area (Å²) in [7, 11) is 0. The monoisotopic (exact) mass is 379 g/mol. The van der Waals surface area contributed by atoms with E-state index < -0.39 is 0 Å². The second-order valence-corrected chi connectivity index (χ2v) is 6.72. The van der Waals surface area contributed by atoms with Gasteiger partial charge in [0.2, 0.25) is 0 Å². The van der Waals surface area contributed by atoms with Gasteiger partial charge in [0, 0.05) is 24.3 Å². The average Bonchev–Trinajstić information content (AvgIpc) is 2.60. The van der Waals surface area contributed by atoms with Gasteiger partial charge in [-0.3, -0.25) is 4.79 Å². The summed E-state index contributed by atoms with van der Waals surface area (Å²) in [6, 6.07) is 8.53. The summed E-state index contributed by atoms with van der Waals surface area (Å²) in [5.74, 6) is -0.290. The lowest BCUT2D eigenvalue weighted by atomic mass is 10.1. The summed E-state index contributed by atoms with van der Waals surface area (Å²) in [6.07, 6.45) is 0. The van der Waals surface area contributed by atoms with Crippen molar-refractivity contribution in [1.82, 2.24) is 0 Å². The Kier molecular flexibility index (Phi) is 5.37. The first-order chi connectivity index (χ1) is 12.0. The zero-order chi connectivity index (χ0) is 18.0. The molecule has 0 radical (unpaired) electrons. The topological polar surface area (TPSA) is 67.6 Å². The Morgan fingerprint density at radius 2 is 1.88 bits per heavy atom. The van der Waals surface area contributed by atoms with Crippen LogP contribution in [0.25, 0.3) is 0 Å². The molecule has 25 heavy (non-hydrogen) atoms. The lowest BCUT2D eigenvalue weighted by Crippen LogP contribution is -2.36. The van der Waals surface area contributed by atoms with Crippen LogP contribution in [-0.2, 0) is 4.74 Å². The summed E-state index contributed by atoms with van der Waals surface area (Å²) >= 11 is 11.9. The number of carbonyl (C=O) groups is 1. The Bertz CT molecular complexity index is 805. The number of carbonyl (C=O) groups excluding carboxylic acids is 1. The van der Waals surface area contributed by atoms with Gasteiger partial charge in [-0.25, -0.2) is 0 Å². The molecule has 2 aromatic rings. The second kappa shape index (κ2) is 7.52. The molecule has 0 aromatic heterocycles. The van der Waals surface area contributed by atoms with E-state index in [0.717, 1.165) is 24.3 Å². The van der Waals surface area contributed by atoms with Crippen molar-refractivity contribution in [2.45, 2.75) is 6.92 Å². The molecule has 0 spiro atoms. The van der Waals surface area contributed by atoms with Crippen LogP contribution in [0.5, 0.6) is 0 Å². The SMILES string of the molecule is Cc1cc(N)c(NC(=O)c2ccc(Cl)c(Cl)c2)cc1N1CCOCC1. The van der Waals surface area contributed by atoms with E-state index in [1.165, 1.54) is 6.07 Å². The third-order valence-electron chi connectivity index (χ3n) is 4.15. The molecule has 1 heterocycles. The van der Waals surface area contributed by atoms with Crippen LogP contribution in [0.2, 0.25) is 10.0 Å². The molecule has 0 bridgehead atoms. The Labute approximate surface area is 156 Å².